The van der Waals surface area contributed by atoms with Crippen LogP contribution in [0.15, 0.2) is 22.6 Å². The van der Waals surface area contributed by atoms with Crippen LogP contribution in [0.1, 0.15) is 44.4 Å². The molecule has 1 aromatic carbocycles. The molecule has 2 aromatic rings. The van der Waals surface area contributed by atoms with Crippen LogP contribution in [0, 0.1) is 5.92 Å². The van der Waals surface area contributed by atoms with Crippen LogP contribution in [0.3, 0.4) is 0 Å². The molecular weight excluding hydrogens is 290 g/mol. The molecule has 1 aliphatic rings. The minimum atomic E-state index is -0.0695. The second kappa shape index (κ2) is 7.07. The Labute approximate surface area is 137 Å². The van der Waals surface area contributed by atoms with Gasteiger partial charge in [0.05, 0.1) is 0 Å². The van der Waals surface area contributed by atoms with Gasteiger partial charge in [0.25, 0.3) is 5.91 Å². The van der Waals surface area contributed by atoms with E-state index in [1.807, 2.05) is 18.2 Å². The molecule has 0 aliphatic heterocycles. The molecule has 3 rings (SSSR count). The standard InChI is InChI=1S/C19H25NO3/c1-13(2)9-10-20-19(21)12-22-14-7-8-18-16(11-14)15-5-3-4-6-17(15)23-18/h7-8,11,13H,3-6,9-10,12H2,1-2H3,(H,20,21). The van der Waals surface area contributed by atoms with Gasteiger partial charge in [0.2, 0.25) is 0 Å². The molecule has 0 bridgehead atoms. The largest absolute Gasteiger partial charge is 0.484 e. The molecule has 0 unspecified atom stereocenters. The van der Waals surface area contributed by atoms with Gasteiger partial charge in [-0.25, -0.2) is 0 Å². The monoisotopic (exact) mass is 315 g/mol. The van der Waals surface area contributed by atoms with Crippen LogP contribution < -0.4 is 10.1 Å². The van der Waals surface area contributed by atoms with E-state index in [2.05, 4.69) is 19.2 Å². The molecule has 0 saturated heterocycles. The zero-order valence-corrected chi connectivity index (χ0v) is 14.0. The Morgan fingerprint density at radius 3 is 2.96 bits per heavy atom. The van der Waals surface area contributed by atoms with Crippen molar-refractivity contribution in [3.05, 3.63) is 29.5 Å². The molecule has 1 heterocycles. The molecule has 4 heteroatoms. The Bertz CT molecular complexity index is 687. The first-order chi connectivity index (χ1) is 11.1. The number of rotatable bonds is 6. The zero-order valence-electron chi connectivity index (χ0n) is 14.0. The van der Waals surface area contributed by atoms with E-state index >= 15 is 0 Å². The maximum Gasteiger partial charge on any atom is 0.257 e. The van der Waals surface area contributed by atoms with Gasteiger partial charge in [-0.15, -0.1) is 0 Å². The lowest BCUT2D eigenvalue weighted by Gasteiger charge is -2.10. The molecule has 0 atom stereocenters. The van der Waals surface area contributed by atoms with Gasteiger partial charge in [-0.3, -0.25) is 4.79 Å². The second-order valence-corrected chi connectivity index (χ2v) is 6.69. The van der Waals surface area contributed by atoms with E-state index in [1.165, 1.54) is 18.4 Å². The number of hydrogen-bond acceptors (Lipinski definition) is 3. The summed E-state index contributed by atoms with van der Waals surface area (Å²) in [5.41, 5.74) is 2.24. The van der Waals surface area contributed by atoms with Crippen molar-refractivity contribution in [1.82, 2.24) is 5.32 Å². The molecule has 1 N–H and O–H groups in total. The van der Waals surface area contributed by atoms with E-state index in [1.54, 1.807) is 0 Å². The predicted octanol–water partition coefficient (Wildman–Crippen LogP) is 3.85. The smallest absolute Gasteiger partial charge is 0.257 e. The summed E-state index contributed by atoms with van der Waals surface area (Å²) in [4.78, 5) is 11.8. The molecule has 23 heavy (non-hydrogen) atoms. The molecule has 0 fully saturated rings. The van der Waals surface area contributed by atoms with Crippen molar-refractivity contribution in [1.29, 1.82) is 0 Å². The summed E-state index contributed by atoms with van der Waals surface area (Å²) in [6.45, 7) is 5.05. The molecule has 0 spiro atoms. The lowest BCUT2D eigenvalue weighted by atomic mass is 9.96. The lowest BCUT2D eigenvalue weighted by Crippen LogP contribution is -2.30. The van der Waals surface area contributed by atoms with E-state index in [0.717, 1.165) is 41.7 Å². The van der Waals surface area contributed by atoms with Crippen molar-refractivity contribution in [3.63, 3.8) is 0 Å². The number of nitrogens with one attached hydrogen (secondary N) is 1. The number of benzene rings is 1. The van der Waals surface area contributed by atoms with Crippen LogP contribution in [-0.2, 0) is 17.6 Å². The number of fused-ring (bicyclic) bond motifs is 3. The van der Waals surface area contributed by atoms with Crippen molar-refractivity contribution in [2.45, 2.75) is 46.0 Å². The first kappa shape index (κ1) is 15.9. The summed E-state index contributed by atoms with van der Waals surface area (Å²) in [6.07, 6.45) is 5.50. The highest BCUT2D eigenvalue weighted by Gasteiger charge is 2.18. The van der Waals surface area contributed by atoms with Gasteiger partial charge in [0.15, 0.2) is 6.61 Å². The van der Waals surface area contributed by atoms with Gasteiger partial charge in [0, 0.05) is 23.9 Å². The van der Waals surface area contributed by atoms with Crippen LogP contribution >= 0.6 is 0 Å². The van der Waals surface area contributed by atoms with E-state index in [4.69, 9.17) is 9.15 Å². The molecular formula is C19H25NO3. The van der Waals surface area contributed by atoms with Gasteiger partial charge < -0.3 is 14.5 Å². The fourth-order valence-corrected chi connectivity index (χ4v) is 3.03. The molecule has 1 aliphatic carbocycles. The number of furan rings is 1. The Morgan fingerprint density at radius 2 is 2.13 bits per heavy atom. The second-order valence-electron chi connectivity index (χ2n) is 6.69. The number of aryl methyl sites for hydroxylation is 2. The molecule has 0 saturated carbocycles. The van der Waals surface area contributed by atoms with E-state index in [-0.39, 0.29) is 12.5 Å². The summed E-state index contributed by atoms with van der Waals surface area (Å²) >= 11 is 0. The van der Waals surface area contributed by atoms with Crippen molar-refractivity contribution in [2.75, 3.05) is 13.2 Å². The Balaban J connectivity index is 1.61. The van der Waals surface area contributed by atoms with Gasteiger partial charge in [-0.05, 0) is 49.8 Å². The number of carbonyl (C=O) groups excluding carboxylic acids is 1. The molecule has 4 nitrogen and oxygen atoms in total. The maximum absolute atomic E-state index is 11.8. The van der Waals surface area contributed by atoms with Gasteiger partial charge in [0.1, 0.15) is 17.1 Å². The molecule has 1 amide bonds. The highest BCUT2D eigenvalue weighted by Crippen LogP contribution is 2.33. The Morgan fingerprint density at radius 1 is 1.30 bits per heavy atom. The Hall–Kier alpha value is -1.97. The average Bonchev–Trinajstić information content (AvgIpc) is 2.90. The van der Waals surface area contributed by atoms with Crippen LogP contribution in [0.2, 0.25) is 0 Å². The van der Waals surface area contributed by atoms with E-state index in [9.17, 15) is 4.79 Å². The van der Waals surface area contributed by atoms with Crippen molar-refractivity contribution < 1.29 is 13.9 Å². The van der Waals surface area contributed by atoms with Crippen molar-refractivity contribution >= 4 is 16.9 Å². The SMILES string of the molecule is CC(C)CCNC(=O)COc1ccc2oc3c(c2c1)CCCC3. The molecule has 0 radical (unpaired) electrons. The minimum absolute atomic E-state index is 0.0592. The lowest BCUT2D eigenvalue weighted by molar-refractivity contribution is -0.123. The Kier molecular flexibility index (Phi) is 4.89. The number of carbonyl (C=O) groups is 1. The first-order valence-corrected chi connectivity index (χ1v) is 8.57. The molecule has 1 aromatic heterocycles. The summed E-state index contributed by atoms with van der Waals surface area (Å²) in [5, 5.41) is 4.02. The third-order valence-corrected chi connectivity index (χ3v) is 4.34. The first-order valence-electron chi connectivity index (χ1n) is 8.57. The third kappa shape index (κ3) is 3.87. The predicted molar refractivity (Wildman–Crippen MR) is 90.8 cm³/mol. The van der Waals surface area contributed by atoms with Crippen LogP contribution in [0.4, 0.5) is 0 Å². The average molecular weight is 315 g/mol. The fourth-order valence-electron chi connectivity index (χ4n) is 3.03. The van der Waals surface area contributed by atoms with Crippen LogP contribution in [-0.4, -0.2) is 19.1 Å². The number of hydrogen-bond donors (Lipinski definition) is 1. The quantitative estimate of drug-likeness (QED) is 0.881. The minimum Gasteiger partial charge on any atom is -0.484 e. The van der Waals surface area contributed by atoms with Crippen LogP contribution in [0.25, 0.3) is 11.0 Å². The van der Waals surface area contributed by atoms with Gasteiger partial charge in [-0.1, -0.05) is 13.8 Å². The van der Waals surface area contributed by atoms with E-state index in [0.29, 0.717) is 12.5 Å². The van der Waals surface area contributed by atoms with Gasteiger partial charge in [-0.2, -0.15) is 0 Å². The van der Waals surface area contributed by atoms with Crippen molar-refractivity contribution in [2.24, 2.45) is 5.92 Å². The fraction of sp³-hybridized carbons (Fsp3) is 0.526. The normalized spacial score (nSPS) is 14.0. The van der Waals surface area contributed by atoms with Gasteiger partial charge >= 0.3 is 0 Å². The summed E-state index contributed by atoms with van der Waals surface area (Å²) in [6, 6.07) is 5.82. The van der Waals surface area contributed by atoms with Crippen LogP contribution in [0.5, 0.6) is 5.75 Å². The molecule has 124 valence electrons. The van der Waals surface area contributed by atoms with Crippen molar-refractivity contribution in [3.8, 4) is 5.75 Å². The number of ether oxygens (including phenoxy) is 1. The van der Waals surface area contributed by atoms with E-state index < -0.39 is 0 Å². The highest BCUT2D eigenvalue weighted by atomic mass is 16.5. The highest BCUT2D eigenvalue weighted by molar-refractivity contribution is 5.84. The summed E-state index contributed by atoms with van der Waals surface area (Å²) < 4.78 is 11.6. The number of amides is 1. The zero-order chi connectivity index (χ0) is 16.2. The maximum atomic E-state index is 11.8. The summed E-state index contributed by atoms with van der Waals surface area (Å²) in [5.74, 6) is 2.37. The third-order valence-electron chi connectivity index (χ3n) is 4.34. The summed E-state index contributed by atoms with van der Waals surface area (Å²) in [7, 11) is 0. The topological polar surface area (TPSA) is 51.5 Å².